The first kappa shape index (κ1) is 14.3. The fraction of sp³-hybridized carbons (Fsp3) is 0.250. The second-order valence-corrected chi connectivity index (χ2v) is 5.21. The Hall–Kier alpha value is -2.09. The summed E-state index contributed by atoms with van der Waals surface area (Å²) in [6.07, 6.45) is 0.222. The van der Waals surface area contributed by atoms with Crippen LogP contribution in [0.4, 0.5) is 10.5 Å². The fourth-order valence-electron chi connectivity index (χ4n) is 1.85. The van der Waals surface area contributed by atoms with Gasteiger partial charge in [-0.25, -0.2) is 9.59 Å². The number of hydrogen-bond donors (Lipinski definition) is 4. The molecule has 0 spiro atoms. The molecular weight excluding hydrogens is 330 g/mol. The van der Waals surface area contributed by atoms with E-state index in [2.05, 4.69) is 31.9 Å². The number of urea groups is 1. The van der Waals surface area contributed by atoms with Crippen LogP contribution in [0.3, 0.4) is 0 Å². The van der Waals surface area contributed by atoms with Crippen molar-refractivity contribution >= 4 is 39.5 Å². The van der Waals surface area contributed by atoms with Crippen molar-refractivity contribution in [1.82, 2.24) is 10.6 Å². The third kappa shape index (κ3) is 3.47. The van der Waals surface area contributed by atoms with Crippen molar-refractivity contribution in [2.24, 2.45) is 0 Å². The van der Waals surface area contributed by atoms with Crippen molar-refractivity contribution in [3.8, 4) is 0 Å². The number of carbonyl (C=O) groups excluding carboxylic acids is 2. The molecule has 0 saturated carbocycles. The molecule has 1 unspecified atom stereocenters. The molecule has 2 rings (SSSR count). The van der Waals surface area contributed by atoms with Gasteiger partial charge in [0.25, 0.3) is 0 Å². The second kappa shape index (κ2) is 5.91. The molecule has 1 saturated heterocycles. The molecule has 3 amide bonds. The van der Waals surface area contributed by atoms with Gasteiger partial charge in [-0.1, -0.05) is 15.9 Å². The van der Waals surface area contributed by atoms with Gasteiger partial charge >= 0.3 is 12.0 Å². The van der Waals surface area contributed by atoms with Crippen LogP contribution in [0, 0.1) is 0 Å². The number of carboxylic acids is 1. The van der Waals surface area contributed by atoms with Crippen LogP contribution in [-0.4, -0.2) is 35.6 Å². The van der Waals surface area contributed by atoms with Crippen LogP contribution in [0.1, 0.15) is 16.8 Å². The number of aromatic carboxylic acids is 1. The van der Waals surface area contributed by atoms with Gasteiger partial charge in [0.05, 0.1) is 17.3 Å². The Bertz CT molecular complexity index is 576. The van der Waals surface area contributed by atoms with Crippen LogP contribution >= 0.6 is 15.9 Å². The zero-order chi connectivity index (χ0) is 14.7. The smallest absolute Gasteiger partial charge is 0.337 e. The van der Waals surface area contributed by atoms with E-state index in [0.29, 0.717) is 11.0 Å². The molecular formula is C12H12BrN3O4. The lowest BCUT2D eigenvalue weighted by molar-refractivity contribution is -0.119. The average molecular weight is 342 g/mol. The van der Waals surface area contributed by atoms with E-state index in [0.717, 1.165) is 0 Å². The Morgan fingerprint density at radius 1 is 1.40 bits per heavy atom. The third-order valence-corrected chi connectivity index (χ3v) is 3.27. The van der Waals surface area contributed by atoms with Crippen LogP contribution in [0.5, 0.6) is 0 Å². The minimum Gasteiger partial charge on any atom is -0.478 e. The summed E-state index contributed by atoms with van der Waals surface area (Å²) in [6, 6.07) is 3.69. The molecule has 1 aliphatic heterocycles. The highest BCUT2D eigenvalue weighted by Gasteiger charge is 2.23. The number of carboxylic acid groups (broad SMARTS) is 1. The summed E-state index contributed by atoms with van der Waals surface area (Å²) in [5.41, 5.74) is 0.172. The molecule has 4 N–H and O–H groups in total. The summed E-state index contributed by atoms with van der Waals surface area (Å²) in [7, 11) is 0. The molecule has 1 heterocycles. The molecule has 1 fully saturated rings. The molecule has 1 aliphatic rings. The standard InChI is InChI=1S/C12H12BrN3O4/c13-6-1-2-9(8(3-6)11(18)19)16-12(20)15-7-4-10(17)14-5-7/h1-3,7H,4-5H2,(H,14,17)(H,18,19)(H2,15,16,20). The monoisotopic (exact) mass is 341 g/mol. The number of amides is 3. The van der Waals surface area contributed by atoms with Gasteiger partial charge in [-0.05, 0) is 18.2 Å². The second-order valence-electron chi connectivity index (χ2n) is 4.30. The Morgan fingerprint density at radius 3 is 2.75 bits per heavy atom. The molecule has 0 aromatic heterocycles. The molecule has 7 nitrogen and oxygen atoms in total. The number of carbonyl (C=O) groups is 3. The lowest BCUT2D eigenvalue weighted by Crippen LogP contribution is -2.39. The van der Waals surface area contributed by atoms with Crippen molar-refractivity contribution in [3.63, 3.8) is 0 Å². The van der Waals surface area contributed by atoms with E-state index < -0.39 is 12.0 Å². The summed E-state index contributed by atoms with van der Waals surface area (Å²) >= 11 is 3.17. The van der Waals surface area contributed by atoms with Crippen LogP contribution < -0.4 is 16.0 Å². The van der Waals surface area contributed by atoms with Gasteiger partial charge in [-0.2, -0.15) is 0 Å². The van der Waals surface area contributed by atoms with Crippen molar-refractivity contribution < 1.29 is 19.5 Å². The Morgan fingerprint density at radius 2 is 2.15 bits per heavy atom. The number of benzene rings is 1. The number of nitrogens with one attached hydrogen (secondary N) is 3. The summed E-state index contributed by atoms with van der Waals surface area (Å²) in [5, 5.41) is 16.7. The highest BCUT2D eigenvalue weighted by molar-refractivity contribution is 9.10. The maximum absolute atomic E-state index is 11.8. The number of halogens is 1. The van der Waals surface area contributed by atoms with Crippen LogP contribution in [0.25, 0.3) is 0 Å². The first-order valence-electron chi connectivity index (χ1n) is 5.83. The molecule has 0 radical (unpaired) electrons. The topological polar surface area (TPSA) is 108 Å². The van der Waals surface area contributed by atoms with Crippen LogP contribution in [0.15, 0.2) is 22.7 Å². The lowest BCUT2D eigenvalue weighted by Gasteiger charge is -2.13. The molecule has 0 aliphatic carbocycles. The third-order valence-electron chi connectivity index (χ3n) is 2.77. The SMILES string of the molecule is O=C1CC(NC(=O)Nc2ccc(Br)cc2C(=O)O)CN1. The van der Waals surface area contributed by atoms with Crippen molar-refractivity contribution in [2.75, 3.05) is 11.9 Å². The van der Waals surface area contributed by atoms with Gasteiger partial charge in [0.15, 0.2) is 0 Å². The Balaban J connectivity index is 2.04. The summed E-state index contributed by atoms with van der Waals surface area (Å²) in [6.45, 7) is 0.373. The van der Waals surface area contributed by atoms with Crippen molar-refractivity contribution in [1.29, 1.82) is 0 Å². The number of rotatable bonds is 3. The summed E-state index contributed by atoms with van der Waals surface area (Å²) < 4.78 is 0.603. The van der Waals surface area contributed by atoms with Gasteiger partial charge in [0, 0.05) is 17.4 Å². The minimum absolute atomic E-state index is 0.0184. The Labute approximate surface area is 122 Å². The maximum Gasteiger partial charge on any atom is 0.337 e. The zero-order valence-electron chi connectivity index (χ0n) is 10.3. The zero-order valence-corrected chi connectivity index (χ0v) is 11.9. The van der Waals surface area contributed by atoms with Crippen molar-refractivity contribution in [2.45, 2.75) is 12.5 Å². The summed E-state index contributed by atoms with van der Waals surface area (Å²) in [5.74, 6) is -1.26. The van der Waals surface area contributed by atoms with E-state index in [9.17, 15) is 14.4 Å². The predicted octanol–water partition coefficient (Wildman–Crippen LogP) is 1.16. The van der Waals surface area contributed by atoms with Gasteiger partial charge in [0.1, 0.15) is 0 Å². The lowest BCUT2D eigenvalue weighted by atomic mass is 10.2. The van der Waals surface area contributed by atoms with E-state index >= 15 is 0 Å². The van der Waals surface area contributed by atoms with Gasteiger partial charge in [0.2, 0.25) is 5.91 Å². The summed E-state index contributed by atoms with van der Waals surface area (Å²) in [4.78, 5) is 33.9. The Kier molecular flexibility index (Phi) is 4.23. The highest BCUT2D eigenvalue weighted by atomic mass is 79.9. The number of anilines is 1. The molecule has 8 heteroatoms. The van der Waals surface area contributed by atoms with E-state index in [1.54, 1.807) is 6.07 Å². The van der Waals surface area contributed by atoms with Crippen LogP contribution in [0.2, 0.25) is 0 Å². The van der Waals surface area contributed by atoms with E-state index in [-0.39, 0.29) is 29.6 Å². The van der Waals surface area contributed by atoms with E-state index in [1.807, 2.05) is 0 Å². The molecule has 1 aromatic carbocycles. The quantitative estimate of drug-likeness (QED) is 0.661. The largest absolute Gasteiger partial charge is 0.478 e. The first-order chi connectivity index (χ1) is 9.45. The van der Waals surface area contributed by atoms with Gasteiger partial charge in [-0.15, -0.1) is 0 Å². The van der Waals surface area contributed by atoms with E-state index in [4.69, 9.17) is 5.11 Å². The number of hydrogen-bond acceptors (Lipinski definition) is 3. The molecule has 106 valence electrons. The van der Waals surface area contributed by atoms with Gasteiger partial charge < -0.3 is 21.1 Å². The maximum atomic E-state index is 11.8. The predicted molar refractivity (Wildman–Crippen MR) is 74.7 cm³/mol. The average Bonchev–Trinajstić information content (AvgIpc) is 2.76. The molecule has 0 bridgehead atoms. The van der Waals surface area contributed by atoms with Crippen LogP contribution in [-0.2, 0) is 4.79 Å². The normalized spacial score (nSPS) is 17.4. The molecule has 20 heavy (non-hydrogen) atoms. The minimum atomic E-state index is -1.14. The van der Waals surface area contributed by atoms with Crippen molar-refractivity contribution in [3.05, 3.63) is 28.2 Å². The van der Waals surface area contributed by atoms with E-state index in [1.165, 1.54) is 12.1 Å². The molecule has 1 atom stereocenters. The fourth-order valence-corrected chi connectivity index (χ4v) is 2.21. The highest BCUT2D eigenvalue weighted by Crippen LogP contribution is 2.21. The molecule has 1 aromatic rings. The van der Waals surface area contributed by atoms with Gasteiger partial charge in [-0.3, -0.25) is 4.79 Å². The first-order valence-corrected chi connectivity index (χ1v) is 6.62.